The lowest BCUT2D eigenvalue weighted by Crippen LogP contribution is -2.42. The van der Waals surface area contributed by atoms with Crippen LogP contribution in [0.3, 0.4) is 0 Å². The molecule has 0 saturated heterocycles. The van der Waals surface area contributed by atoms with Crippen LogP contribution in [-0.2, 0) is 16.0 Å². The van der Waals surface area contributed by atoms with E-state index in [0.717, 1.165) is 0 Å². The monoisotopic (exact) mass is 297 g/mol. The van der Waals surface area contributed by atoms with E-state index in [9.17, 15) is 14.4 Å². The predicted molar refractivity (Wildman–Crippen MR) is 72.7 cm³/mol. The summed E-state index contributed by atoms with van der Waals surface area (Å²) in [4.78, 5) is 34.9. The Morgan fingerprint density at radius 1 is 1.33 bits per heavy atom. The first-order chi connectivity index (χ1) is 9.96. The molecule has 1 aromatic heterocycles. The highest BCUT2D eigenvalue weighted by Crippen LogP contribution is 2.14. The zero-order valence-electron chi connectivity index (χ0n) is 12.5. The Hall–Kier alpha value is -2.45. The molecule has 1 aromatic rings. The Kier molecular flexibility index (Phi) is 5.82. The molecule has 0 spiro atoms. The minimum Gasteiger partial charge on any atom is -0.464 e. The summed E-state index contributed by atoms with van der Waals surface area (Å²) in [5.41, 5.74) is 0.540. The number of carbonyl (C=O) groups excluding carboxylic acids is 3. The number of amides is 3. The van der Waals surface area contributed by atoms with Gasteiger partial charge in [-0.05, 0) is 20.3 Å². The van der Waals surface area contributed by atoms with Gasteiger partial charge in [-0.2, -0.15) is 0 Å². The normalized spacial score (nSPS) is 11.6. The van der Waals surface area contributed by atoms with E-state index in [1.807, 2.05) is 0 Å². The van der Waals surface area contributed by atoms with Crippen LogP contribution in [-0.4, -0.2) is 46.6 Å². The third-order valence-electron chi connectivity index (χ3n) is 2.82. The molecular formula is C12H19N5O4. The highest BCUT2D eigenvalue weighted by molar-refractivity contribution is 5.96. The lowest BCUT2D eigenvalue weighted by molar-refractivity contribution is -0.123. The van der Waals surface area contributed by atoms with Crippen LogP contribution in [0.2, 0.25) is 0 Å². The number of esters is 1. The summed E-state index contributed by atoms with van der Waals surface area (Å²) in [6.45, 7) is 5.51. The zero-order chi connectivity index (χ0) is 16.0. The molecule has 0 aromatic carbocycles. The van der Waals surface area contributed by atoms with Gasteiger partial charge in [0.1, 0.15) is 6.04 Å². The van der Waals surface area contributed by atoms with Crippen LogP contribution in [0.1, 0.15) is 43.0 Å². The first-order valence-electron chi connectivity index (χ1n) is 6.57. The van der Waals surface area contributed by atoms with E-state index in [4.69, 9.17) is 0 Å². The molecule has 0 bridgehead atoms. The van der Waals surface area contributed by atoms with Gasteiger partial charge in [0, 0.05) is 6.54 Å². The Morgan fingerprint density at radius 2 is 2.00 bits per heavy atom. The highest BCUT2D eigenvalue weighted by atomic mass is 16.5. The number of aromatic nitrogens is 3. The van der Waals surface area contributed by atoms with Crippen LogP contribution in [0.15, 0.2) is 0 Å². The Morgan fingerprint density at radius 3 is 2.52 bits per heavy atom. The minimum absolute atomic E-state index is 0.0673. The maximum atomic E-state index is 12.0. The van der Waals surface area contributed by atoms with Crippen molar-refractivity contribution in [3.8, 4) is 0 Å². The number of ether oxygens (including phenoxy) is 1. The predicted octanol–water partition coefficient (Wildman–Crippen LogP) is 0.0338. The standard InChI is InChI=1S/C12H19N5O4/c1-5-8-9(11(19)21-4)15-16-17(8)7(3)10(18)14-12(20)13-6-2/h7H,5-6H2,1-4H3,(H2,13,14,18,20). The Bertz CT molecular complexity index is 540. The fourth-order valence-electron chi connectivity index (χ4n) is 1.74. The maximum absolute atomic E-state index is 12.0. The van der Waals surface area contributed by atoms with Gasteiger partial charge < -0.3 is 10.1 Å². The van der Waals surface area contributed by atoms with E-state index in [-0.39, 0.29) is 5.69 Å². The van der Waals surface area contributed by atoms with Gasteiger partial charge in [-0.1, -0.05) is 12.1 Å². The second-order valence-corrected chi connectivity index (χ2v) is 4.20. The molecule has 1 unspecified atom stereocenters. The van der Waals surface area contributed by atoms with Crippen LogP contribution in [0.4, 0.5) is 4.79 Å². The average molecular weight is 297 g/mol. The third kappa shape index (κ3) is 3.77. The number of nitrogens with one attached hydrogen (secondary N) is 2. The molecule has 0 saturated carbocycles. The quantitative estimate of drug-likeness (QED) is 0.741. The first kappa shape index (κ1) is 16.6. The van der Waals surface area contributed by atoms with Gasteiger partial charge >= 0.3 is 12.0 Å². The van der Waals surface area contributed by atoms with Crippen LogP contribution in [0, 0.1) is 0 Å². The molecule has 9 heteroatoms. The van der Waals surface area contributed by atoms with Crippen molar-refractivity contribution in [1.82, 2.24) is 25.6 Å². The third-order valence-corrected chi connectivity index (χ3v) is 2.82. The molecule has 116 valence electrons. The van der Waals surface area contributed by atoms with Gasteiger partial charge in [0.15, 0.2) is 5.69 Å². The van der Waals surface area contributed by atoms with Crippen LogP contribution < -0.4 is 10.6 Å². The summed E-state index contributed by atoms with van der Waals surface area (Å²) >= 11 is 0. The number of imide groups is 1. The van der Waals surface area contributed by atoms with E-state index in [1.165, 1.54) is 11.8 Å². The van der Waals surface area contributed by atoms with Gasteiger partial charge in [-0.15, -0.1) is 5.10 Å². The van der Waals surface area contributed by atoms with E-state index in [0.29, 0.717) is 18.7 Å². The molecule has 0 aliphatic carbocycles. The summed E-state index contributed by atoms with van der Waals surface area (Å²) in [7, 11) is 1.24. The molecular weight excluding hydrogens is 278 g/mol. The SMILES string of the molecule is CCNC(=O)NC(=O)C(C)n1nnc(C(=O)OC)c1CC. The van der Waals surface area contributed by atoms with Crippen molar-refractivity contribution in [2.75, 3.05) is 13.7 Å². The molecule has 0 aliphatic heterocycles. The minimum atomic E-state index is -0.784. The smallest absolute Gasteiger partial charge is 0.360 e. The van der Waals surface area contributed by atoms with Crippen LogP contribution in [0.5, 0.6) is 0 Å². The number of hydrogen-bond donors (Lipinski definition) is 2. The Labute approximate surface area is 122 Å². The molecule has 3 amide bonds. The van der Waals surface area contributed by atoms with Gasteiger partial charge in [-0.3, -0.25) is 10.1 Å². The number of methoxy groups -OCH3 is 1. The summed E-state index contributed by atoms with van der Waals surface area (Å²) in [6.07, 6.45) is 0.441. The number of rotatable bonds is 5. The molecule has 0 radical (unpaired) electrons. The van der Waals surface area contributed by atoms with Gasteiger partial charge in [0.2, 0.25) is 0 Å². The van der Waals surface area contributed by atoms with Crippen molar-refractivity contribution in [1.29, 1.82) is 0 Å². The second-order valence-electron chi connectivity index (χ2n) is 4.20. The number of nitrogens with zero attached hydrogens (tertiary/aromatic N) is 3. The largest absolute Gasteiger partial charge is 0.464 e. The molecule has 1 atom stereocenters. The summed E-state index contributed by atoms with van der Waals surface area (Å²) in [5.74, 6) is -1.16. The first-order valence-corrected chi connectivity index (χ1v) is 6.57. The second kappa shape index (κ2) is 7.36. The van der Waals surface area contributed by atoms with Crippen LogP contribution >= 0.6 is 0 Å². The molecule has 21 heavy (non-hydrogen) atoms. The van der Waals surface area contributed by atoms with Crippen molar-refractivity contribution < 1.29 is 19.1 Å². The average Bonchev–Trinajstić information content (AvgIpc) is 2.89. The number of urea groups is 1. The van der Waals surface area contributed by atoms with Crippen molar-refractivity contribution in [3.63, 3.8) is 0 Å². The van der Waals surface area contributed by atoms with Crippen molar-refractivity contribution in [2.24, 2.45) is 0 Å². The van der Waals surface area contributed by atoms with Crippen LogP contribution in [0.25, 0.3) is 0 Å². The fraction of sp³-hybridized carbons (Fsp3) is 0.583. The van der Waals surface area contributed by atoms with Gasteiger partial charge in [0.05, 0.1) is 12.8 Å². The van der Waals surface area contributed by atoms with E-state index in [1.54, 1.807) is 20.8 Å². The van der Waals surface area contributed by atoms with E-state index < -0.39 is 23.9 Å². The fourth-order valence-corrected chi connectivity index (χ4v) is 1.74. The van der Waals surface area contributed by atoms with Crippen molar-refractivity contribution in [2.45, 2.75) is 33.2 Å². The molecule has 0 aliphatic rings. The molecule has 1 rings (SSSR count). The highest BCUT2D eigenvalue weighted by Gasteiger charge is 2.25. The number of carbonyl (C=O) groups is 3. The summed E-state index contributed by atoms with van der Waals surface area (Å²) in [6, 6.07) is -1.37. The summed E-state index contributed by atoms with van der Waals surface area (Å²) < 4.78 is 5.92. The zero-order valence-corrected chi connectivity index (χ0v) is 12.5. The topological polar surface area (TPSA) is 115 Å². The molecule has 2 N–H and O–H groups in total. The van der Waals surface area contributed by atoms with Gasteiger partial charge in [-0.25, -0.2) is 14.3 Å². The van der Waals surface area contributed by atoms with Crippen molar-refractivity contribution >= 4 is 17.9 Å². The molecule has 1 heterocycles. The lowest BCUT2D eigenvalue weighted by Gasteiger charge is -2.14. The number of hydrogen-bond acceptors (Lipinski definition) is 6. The maximum Gasteiger partial charge on any atom is 0.360 e. The van der Waals surface area contributed by atoms with E-state index in [2.05, 4.69) is 25.7 Å². The van der Waals surface area contributed by atoms with Gasteiger partial charge in [0.25, 0.3) is 5.91 Å². The molecule has 0 fully saturated rings. The van der Waals surface area contributed by atoms with E-state index >= 15 is 0 Å². The Balaban J connectivity index is 2.94. The lowest BCUT2D eigenvalue weighted by atomic mass is 10.2. The van der Waals surface area contributed by atoms with Crippen molar-refractivity contribution in [3.05, 3.63) is 11.4 Å². The molecule has 9 nitrogen and oxygen atoms in total. The summed E-state index contributed by atoms with van der Waals surface area (Å²) in [5, 5.41) is 12.2.